The Balaban J connectivity index is 0.671. The standard InChI is InChI=1S/C44H50N8O5/c1-44(13-14-44)57-32-3-5-36-35(23-32)40(48-47-36)30-8-15-45-38(21-30)51-25-29(26-51)20-27-9-16-49(17-10-27)24-28-11-18-50(19-12-28)31-2-4-33-34(22-31)43(56)52(42(33)55)37-6-7-39(53)46-41(37)54/h2-5,8,15,21-23,27-29,37H,6-7,9-14,16-20,24-26H2,1H3,(H,47,48)(H,46,53,54). The molecule has 1 unspecified atom stereocenters. The number of carbonyl (C=O) groups excluding carboxylic acids is 4. The van der Waals surface area contributed by atoms with E-state index in [1.165, 1.54) is 32.4 Å². The lowest BCUT2D eigenvalue weighted by molar-refractivity contribution is -0.136. The summed E-state index contributed by atoms with van der Waals surface area (Å²) in [6, 6.07) is 14.9. The molecular weight excluding hydrogens is 721 g/mol. The number of H-pyrrole nitrogens is 1. The van der Waals surface area contributed by atoms with E-state index in [1.807, 2.05) is 30.5 Å². The first kappa shape index (κ1) is 36.1. The number of anilines is 2. The van der Waals surface area contributed by atoms with Crippen molar-refractivity contribution in [3.8, 4) is 17.0 Å². The fraction of sp³-hybridized carbons (Fsp3) is 0.500. The van der Waals surface area contributed by atoms with Gasteiger partial charge < -0.3 is 19.4 Å². The summed E-state index contributed by atoms with van der Waals surface area (Å²) in [6.07, 6.45) is 10.4. The highest BCUT2D eigenvalue weighted by Gasteiger charge is 2.45. The number of amides is 4. The van der Waals surface area contributed by atoms with E-state index in [0.717, 1.165) is 109 Å². The second kappa shape index (κ2) is 14.3. The van der Waals surface area contributed by atoms with Crippen molar-refractivity contribution in [1.82, 2.24) is 30.3 Å². The Labute approximate surface area is 332 Å². The summed E-state index contributed by atoms with van der Waals surface area (Å²) in [4.78, 5) is 63.7. The van der Waals surface area contributed by atoms with Crippen molar-refractivity contribution in [2.75, 3.05) is 55.6 Å². The van der Waals surface area contributed by atoms with Crippen LogP contribution >= 0.6 is 0 Å². The van der Waals surface area contributed by atoms with Gasteiger partial charge in [-0.3, -0.25) is 34.5 Å². The first-order valence-corrected chi connectivity index (χ1v) is 20.9. The maximum Gasteiger partial charge on any atom is 0.262 e. The average molecular weight is 771 g/mol. The normalized spacial score (nSPS) is 23.2. The summed E-state index contributed by atoms with van der Waals surface area (Å²) < 4.78 is 6.24. The van der Waals surface area contributed by atoms with E-state index in [9.17, 15) is 19.2 Å². The van der Waals surface area contributed by atoms with Gasteiger partial charge in [0.2, 0.25) is 11.8 Å². The minimum absolute atomic E-state index is 0.0241. The molecule has 1 saturated carbocycles. The molecule has 296 valence electrons. The Morgan fingerprint density at radius 2 is 1.58 bits per heavy atom. The molecule has 0 radical (unpaired) electrons. The third-order valence-electron chi connectivity index (χ3n) is 13.4. The van der Waals surface area contributed by atoms with E-state index in [4.69, 9.17) is 9.72 Å². The molecule has 2 N–H and O–H groups in total. The average Bonchev–Trinajstić information content (AvgIpc) is 3.68. The number of likely N-dealkylation sites (tertiary alicyclic amines) is 1. The van der Waals surface area contributed by atoms with Gasteiger partial charge in [-0.2, -0.15) is 5.10 Å². The summed E-state index contributed by atoms with van der Waals surface area (Å²) in [5, 5.41) is 11.2. The molecule has 1 atom stereocenters. The van der Waals surface area contributed by atoms with Crippen LogP contribution in [0.25, 0.3) is 22.2 Å². The summed E-state index contributed by atoms with van der Waals surface area (Å²) >= 11 is 0. The van der Waals surface area contributed by atoms with Crippen LogP contribution in [-0.2, 0) is 9.59 Å². The zero-order valence-corrected chi connectivity index (χ0v) is 32.5. The largest absolute Gasteiger partial charge is 0.488 e. The summed E-state index contributed by atoms with van der Waals surface area (Å²) in [6.45, 7) is 9.56. The molecule has 0 spiro atoms. The number of fused-ring (bicyclic) bond motifs is 2. The number of benzene rings is 2. The van der Waals surface area contributed by atoms with Crippen LogP contribution in [-0.4, -0.2) is 106 Å². The van der Waals surface area contributed by atoms with E-state index in [2.05, 4.69) is 55.3 Å². The third kappa shape index (κ3) is 7.04. The van der Waals surface area contributed by atoms with Crippen LogP contribution in [0.2, 0.25) is 0 Å². The zero-order valence-electron chi connectivity index (χ0n) is 32.5. The maximum atomic E-state index is 13.3. The van der Waals surface area contributed by atoms with Crippen molar-refractivity contribution < 1.29 is 23.9 Å². The van der Waals surface area contributed by atoms with Gasteiger partial charge in [0.25, 0.3) is 11.8 Å². The van der Waals surface area contributed by atoms with Gasteiger partial charge in [-0.15, -0.1) is 0 Å². The van der Waals surface area contributed by atoms with E-state index >= 15 is 0 Å². The van der Waals surface area contributed by atoms with Crippen LogP contribution in [0.5, 0.6) is 5.75 Å². The number of aromatic nitrogens is 3. The number of ether oxygens (including phenoxy) is 1. The number of imide groups is 2. The van der Waals surface area contributed by atoms with Gasteiger partial charge in [0.05, 0.1) is 16.6 Å². The van der Waals surface area contributed by atoms with Crippen LogP contribution in [0.4, 0.5) is 11.5 Å². The van der Waals surface area contributed by atoms with Gasteiger partial charge >= 0.3 is 0 Å². The zero-order chi connectivity index (χ0) is 38.8. The van der Waals surface area contributed by atoms with Crippen LogP contribution in [0, 0.1) is 17.8 Å². The number of nitrogens with zero attached hydrogens (tertiary/aromatic N) is 6. The number of hydrogen-bond donors (Lipinski definition) is 2. The molecule has 4 saturated heterocycles. The number of hydrogen-bond acceptors (Lipinski definition) is 10. The fourth-order valence-electron chi connectivity index (χ4n) is 9.75. The minimum Gasteiger partial charge on any atom is -0.488 e. The van der Waals surface area contributed by atoms with Crippen LogP contribution in [0.1, 0.15) is 85.4 Å². The molecule has 57 heavy (non-hydrogen) atoms. The SMILES string of the molecule is CC1(Oc2ccc3[nH]nc(-c4ccnc(N5CC(CC6CCN(CC7CCN(c8ccc9c(c8)C(=O)N(C8CCC(=O)NC8=O)C9=O)CC7)CC6)C5)c4)c3c2)CC1. The highest BCUT2D eigenvalue weighted by Crippen LogP contribution is 2.41. The Morgan fingerprint density at radius 3 is 2.35 bits per heavy atom. The monoisotopic (exact) mass is 770 g/mol. The smallest absolute Gasteiger partial charge is 0.262 e. The lowest BCUT2D eigenvalue weighted by atomic mass is 9.83. The Bertz CT molecular complexity index is 2250. The molecule has 7 heterocycles. The van der Waals surface area contributed by atoms with Gasteiger partial charge in [0.15, 0.2) is 0 Å². The molecule has 2 aromatic carbocycles. The van der Waals surface area contributed by atoms with Crippen molar-refractivity contribution in [2.24, 2.45) is 17.8 Å². The van der Waals surface area contributed by atoms with Crippen molar-refractivity contribution in [3.63, 3.8) is 0 Å². The second-order valence-electron chi connectivity index (χ2n) is 17.6. The van der Waals surface area contributed by atoms with E-state index in [-0.39, 0.29) is 24.3 Å². The molecule has 13 nitrogen and oxygen atoms in total. The second-order valence-corrected chi connectivity index (χ2v) is 17.6. The molecule has 5 fully saturated rings. The molecule has 6 aliphatic rings. The van der Waals surface area contributed by atoms with Crippen LogP contribution in [0.3, 0.4) is 0 Å². The first-order valence-electron chi connectivity index (χ1n) is 20.9. The number of carbonyl (C=O) groups is 4. The number of nitrogens with one attached hydrogen (secondary N) is 2. The van der Waals surface area contributed by atoms with E-state index in [0.29, 0.717) is 23.0 Å². The molecule has 5 aliphatic heterocycles. The molecule has 0 bridgehead atoms. The minimum atomic E-state index is -0.948. The number of rotatable bonds is 10. The topological polar surface area (TPSA) is 144 Å². The molecule has 4 amide bonds. The van der Waals surface area contributed by atoms with Crippen LogP contribution in [0.15, 0.2) is 54.7 Å². The first-order chi connectivity index (χ1) is 27.7. The predicted octanol–water partition coefficient (Wildman–Crippen LogP) is 5.41. The molecule has 10 rings (SSSR count). The summed E-state index contributed by atoms with van der Waals surface area (Å²) in [7, 11) is 0. The van der Waals surface area contributed by atoms with Crippen LogP contribution < -0.4 is 19.9 Å². The van der Waals surface area contributed by atoms with Crippen molar-refractivity contribution in [3.05, 3.63) is 65.9 Å². The quantitative estimate of drug-likeness (QED) is 0.201. The van der Waals surface area contributed by atoms with Gasteiger partial charge in [0, 0.05) is 62.0 Å². The highest BCUT2D eigenvalue weighted by atomic mass is 16.5. The summed E-state index contributed by atoms with van der Waals surface area (Å²) in [5.74, 6) is 2.17. The molecule has 1 aliphatic carbocycles. The predicted molar refractivity (Wildman–Crippen MR) is 215 cm³/mol. The van der Waals surface area contributed by atoms with E-state index < -0.39 is 23.8 Å². The molecule has 13 heteroatoms. The number of pyridine rings is 1. The van der Waals surface area contributed by atoms with Crippen molar-refractivity contribution in [1.29, 1.82) is 0 Å². The number of piperidine rings is 3. The van der Waals surface area contributed by atoms with Gasteiger partial charge in [-0.1, -0.05) is 0 Å². The molecule has 4 aromatic rings. The number of aromatic amines is 1. The Kier molecular flexibility index (Phi) is 9.03. The molecular formula is C44H50N8O5. The van der Waals surface area contributed by atoms with Crippen molar-refractivity contribution >= 4 is 46.0 Å². The summed E-state index contributed by atoms with van der Waals surface area (Å²) in [5.41, 5.74) is 4.59. The molecule has 2 aromatic heterocycles. The lowest BCUT2D eigenvalue weighted by Crippen LogP contribution is -2.54. The fourth-order valence-corrected chi connectivity index (χ4v) is 9.75. The van der Waals surface area contributed by atoms with Gasteiger partial charge in [-0.05, 0) is 138 Å². The van der Waals surface area contributed by atoms with Crippen molar-refractivity contribution in [2.45, 2.75) is 76.4 Å². The Hall–Kier alpha value is -5.30. The lowest BCUT2D eigenvalue weighted by Gasteiger charge is -2.43. The van der Waals surface area contributed by atoms with E-state index in [1.54, 1.807) is 6.07 Å². The maximum absolute atomic E-state index is 13.3. The Morgan fingerprint density at radius 1 is 0.807 bits per heavy atom. The highest BCUT2D eigenvalue weighted by molar-refractivity contribution is 6.23. The third-order valence-corrected chi connectivity index (χ3v) is 13.4. The van der Waals surface area contributed by atoms with Gasteiger partial charge in [-0.25, -0.2) is 4.98 Å². The van der Waals surface area contributed by atoms with Gasteiger partial charge in [0.1, 0.15) is 28.9 Å².